The normalized spacial score (nSPS) is 12.4. The predicted molar refractivity (Wildman–Crippen MR) is 289 cm³/mol. The molecular weight excluding hydrogens is 825 g/mol. The molecule has 0 saturated carbocycles. The molecule has 11 rings (SSSR count). The first-order chi connectivity index (χ1) is 33.6. The molecule has 0 aliphatic rings. The zero-order valence-corrected chi connectivity index (χ0v) is 38.1. The Labute approximate surface area is 397 Å². The highest BCUT2D eigenvalue weighted by Crippen LogP contribution is 2.53. The Morgan fingerprint density at radius 1 is 0.456 bits per heavy atom. The third kappa shape index (κ3) is 7.62. The highest BCUT2D eigenvalue weighted by Gasteiger charge is 2.29. The maximum Gasteiger partial charge on any atom is 0.144 e. The molecule has 0 unspecified atom stereocenters. The predicted octanol–water partition coefficient (Wildman–Crippen LogP) is 19.1. The number of fused-ring (bicyclic) bond motifs is 6. The summed E-state index contributed by atoms with van der Waals surface area (Å²) in [5.41, 5.74) is 15.5. The lowest BCUT2D eigenvalue weighted by Crippen LogP contribution is -1.92. The van der Waals surface area contributed by atoms with Crippen LogP contribution in [0, 0.1) is 0 Å². The van der Waals surface area contributed by atoms with Crippen molar-refractivity contribution in [3.8, 4) is 67.2 Å². The number of furan rings is 2. The lowest BCUT2D eigenvalue weighted by atomic mass is 9.86. The minimum absolute atomic E-state index is 0.795. The van der Waals surface area contributed by atoms with Crippen molar-refractivity contribution in [3.63, 3.8) is 0 Å². The standard InChI is InChI=1S/C66H48O2/c1-4-6-23-44(3)41-52(24-7-5-2)56-43-58-60(49-28-14-9-15-29-49)64(51-32-18-11-19-33-51)67-65(58)61-55(47-39-37-46(38-40-47)54-36-22-34-45-25-20-21-35-53(45)54)42-57-59(48-26-12-8-13-27-48)63(68-66(57)62(56)61)50-30-16-10-17-31-50/h4-43H,1H2,2-3H3/b7-5+,23-6-,44-41+,52-24+. The van der Waals surface area contributed by atoms with Crippen LogP contribution in [0.25, 0.3) is 116 Å². The van der Waals surface area contributed by atoms with E-state index in [2.05, 4.69) is 251 Å². The van der Waals surface area contributed by atoms with Crippen LogP contribution in [0.5, 0.6) is 0 Å². The Morgan fingerprint density at radius 3 is 1.53 bits per heavy atom. The van der Waals surface area contributed by atoms with Gasteiger partial charge in [-0.2, -0.15) is 0 Å². The van der Waals surface area contributed by atoms with Gasteiger partial charge in [0.2, 0.25) is 0 Å². The first-order valence-corrected chi connectivity index (χ1v) is 23.2. The molecule has 9 aromatic carbocycles. The van der Waals surface area contributed by atoms with E-state index in [4.69, 9.17) is 8.83 Å². The fourth-order valence-corrected chi connectivity index (χ4v) is 9.77. The molecule has 0 saturated heterocycles. The van der Waals surface area contributed by atoms with Crippen LogP contribution in [0.1, 0.15) is 19.4 Å². The van der Waals surface area contributed by atoms with E-state index in [0.717, 1.165) is 111 Å². The fourth-order valence-electron chi connectivity index (χ4n) is 9.77. The minimum Gasteiger partial charge on any atom is -0.455 e. The smallest absolute Gasteiger partial charge is 0.144 e. The van der Waals surface area contributed by atoms with E-state index in [1.165, 1.54) is 16.3 Å². The summed E-state index contributed by atoms with van der Waals surface area (Å²) in [6, 6.07) is 71.2. The van der Waals surface area contributed by atoms with E-state index < -0.39 is 0 Å². The third-order valence-electron chi connectivity index (χ3n) is 12.9. The van der Waals surface area contributed by atoms with E-state index in [1.54, 1.807) is 0 Å². The summed E-state index contributed by atoms with van der Waals surface area (Å²) >= 11 is 0. The van der Waals surface area contributed by atoms with Gasteiger partial charge >= 0.3 is 0 Å². The molecule has 0 aliphatic heterocycles. The van der Waals surface area contributed by atoms with Crippen LogP contribution in [0.3, 0.4) is 0 Å². The third-order valence-corrected chi connectivity index (χ3v) is 12.9. The van der Waals surface area contributed by atoms with Crippen molar-refractivity contribution < 1.29 is 8.83 Å². The maximum absolute atomic E-state index is 7.45. The number of hydrogen-bond donors (Lipinski definition) is 0. The largest absolute Gasteiger partial charge is 0.455 e. The first-order valence-electron chi connectivity index (χ1n) is 23.2. The second kappa shape index (κ2) is 18.3. The van der Waals surface area contributed by atoms with E-state index in [0.29, 0.717) is 0 Å². The van der Waals surface area contributed by atoms with Crippen LogP contribution in [-0.4, -0.2) is 0 Å². The van der Waals surface area contributed by atoms with Crippen LogP contribution in [0.4, 0.5) is 0 Å². The van der Waals surface area contributed by atoms with Crippen LogP contribution in [-0.2, 0) is 0 Å². The summed E-state index contributed by atoms with van der Waals surface area (Å²) in [5.74, 6) is 1.63. The number of rotatable bonds is 11. The zero-order chi connectivity index (χ0) is 46.0. The monoisotopic (exact) mass is 872 g/mol. The molecule has 0 N–H and O–H groups in total. The van der Waals surface area contributed by atoms with Crippen molar-refractivity contribution in [3.05, 3.63) is 260 Å². The van der Waals surface area contributed by atoms with Crippen molar-refractivity contribution in [2.75, 3.05) is 0 Å². The molecular formula is C66H48O2. The van der Waals surface area contributed by atoms with E-state index >= 15 is 0 Å². The summed E-state index contributed by atoms with van der Waals surface area (Å²) in [6.07, 6.45) is 14.6. The molecule has 0 aliphatic carbocycles. The SMILES string of the molecule is C=C\C=C/C(C)=C/C(=C\C=C\C)c1cc2c(-c3ccccc3)c(-c3ccccc3)oc2c2c(-c3ccc(-c4cccc5ccccc45)cc3)cc3c(-c4ccccc4)c(-c4ccccc4)oc3c12. The Morgan fingerprint density at radius 2 is 0.956 bits per heavy atom. The van der Waals surface area contributed by atoms with Gasteiger partial charge in [0.1, 0.15) is 22.7 Å². The quantitative estimate of drug-likeness (QED) is 0.121. The Bertz CT molecular complexity index is 3720. The Balaban J connectivity index is 1.35. The molecule has 0 bridgehead atoms. The number of benzene rings is 9. The topological polar surface area (TPSA) is 26.3 Å². The van der Waals surface area contributed by atoms with Gasteiger partial charge in [-0.25, -0.2) is 0 Å². The molecule has 2 nitrogen and oxygen atoms in total. The van der Waals surface area contributed by atoms with Gasteiger partial charge in [-0.1, -0.05) is 243 Å². The molecule has 0 radical (unpaired) electrons. The molecule has 2 heteroatoms. The molecule has 324 valence electrons. The second-order valence-electron chi connectivity index (χ2n) is 17.2. The summed E-state index contributed by atoms with van der Waals surface area (Å²) in [4.78, 5) is 0. The zero-order valence-electron chi connectivity index (χ0n) is 38.1. The van der Waals surface area contributed by atoms with Crippen molar-refractivity contribution in [1.82, 2.24) is 0 Å². The molecule has 0 fully saturated rings. The van der Waals surface area contributed by atoms with Crippen molar-refractivity contribution >= 4 is 49.1 Å². The maximum atomic E-state index is 7.45. The Kier molecular flexibility index (Phi) is 11.3. The molecule has 11 aromatic rings. The fraction of sp³-hybridized carbons (Fsp3) is 0.0303. The van der Waals surface area contributed by atoms with Crippen molar-refractivity contribution in [2.24, 2.45) is 0 Å². The van der Waals surface area contributed by atoms with E-state index in [1.807, 2.05) is 12.2 Å². The summed E-state index contributed by atoms with van der Waals surface area (Å²) < 4.78 is 14.9. The second-order valence-corrected chi connectivity index (χ2v) is 17.2. The summed E-state index contributed by atoms with van der Waals surface area (Å²) in [7, 11) is 0. The van der Waals surface area contributed by atoms with Crippen molar-refractivity contribution in [2.45, 2.75) is 13.8 Å². The van der Waals surface area contributed by atoms with E-state index in [-0.39, 0.29) is 0 Å². The van der Waals surface area contributed by atoms with Crippen LogP contribution in [0.15, 0.2) is 264 Å². The van der Waals surface area contributed by atoms with Gasteiger partial charge < -0.3 is 8.83 Å². The lowest BCUT2D eigenvalue weighted by molar-refractivity contribution is 0.633. The van der Waals surface area contributed by atoms with Gasteiger partial charge in [-0.05, 0) is 81.3 Å². The van der Waals surface area contributed by atoms with Gasteiger partial charge in [0.25, 0.3) is 0 Å². The average molecular weight is 873 g/mol. The first kappa shape index (κ1) is 41.9. The van der Waals surface area contributed by atoms with Gasteiger partial charge in [0.15, 0.2) is 0 Å². The lowest BCUT2D eigenvalue weighted by Gasteiger charge is -2.16. The van der Waals surface area contributed by atoms with E-state index in [9.17, 15) is 0 Å². The highest BCUT2D eigenvalue weighted by atomic mass is 16.3. The highest BCUT2D eigenvalue weighted by molar-refractivity contribution is 6.28. The number of allylic oxidation sites excluding steroid dienone is 9. The number of hydrogen-bond acceptors (Lipinski definition) is 2. The van der Waals surface area contributed by atoms with Crippen LogP contribution >= 0.6 is 0 Å². The molecule has 0 atom stereocenters. The molecule has 2 heterocycles. The van der Waals surface area contributed by atoms with Crippen LogP contribution in [0.2, 0.25) is 0 Å². The summed E-state index contributed by atoms with van der Waals surface area (Å²) in [5, 5.41) is 6.44. The van der Waals surface area contributed by atoms with Gasteiger partial charge in [0.05, 0.1) is 0 Å². The molecule has 2 aromatic heterocycles. The van der Waals surface area contributed by atoms with Gasteiger partial charge in [-0.3, -0.25) is 0 Å². The minimum atomic E-state index is 0.795. The van der Waals surface area contributed by atoms with Gasteiger partial charge in [0, 0.05) is 43.8 Å². The molecule has 0 spiro atoms. The molecule has 0 amide bonds. The molecule has 68 heavy (non-hydrogen) atoms. The summed E-state index contributed by atoms with van der Waals surface area (Å²) in [6.45, 7) is 8.16. The van der Waals surface area contributed by atoms with Crippen molar-refractivity contribution in [1.29, 1.82) is 0 Å². The van der Waals surface area contributed by atoms with Gasteiger partial charge in [-0.15, -0.1) is 0 Å². The Hall–Kier alpha value is -8.72. The van der Waals surface area contributed by atoms with Crippen LogP contribution < -0.4 is 0 Å². The average Bonchev–Trinajstić information content (AvgIpc) is 3.99.